The number of hydrogen-bond acceptors (Lipinski definition) is 4. The van der Waals surface area contributed by atoms with Gasteiger partial charge in [-0.3, -0.25) is 0 Å². The van der Waals surface area contributed by atoms with Crippen LogP contribution in [-0.2, 0) is 11.2 Å². The fourth-order valence-electron chi connectivity index (χ4n) is 4.25. The lowest BCUT2D eigenvalue weighted by molar-refractivity contribution is 0.0174. The number of fused-ring (bicyclic) bond motifs is 1. The van der Waals surface area contributed by atoms with Gasteiger partial charge in [0.05, 0.1) is 6.61 Å². The maximum atomic E-state index is 12.7. The van der Waals surface area contributed by atoms with E-state index in [0.717, 1.165) is 30.7 Å². The molecule has 0 unspecified atom stereocenters. The van der Waals surface area contributed by atoms with E-state index in [1.165, 1.54) is 16.3 Å². The first-order valence-corrected chi connectivity index (χ1v) is 13.0. The zero-order valence-corrected chi connectivity index (χ0v) is 22.0. The molecule has 1 N–H and O–H groups in total. The molecule has 0 bridgehead atoms. The number of ether oxygens (including phenoxy) is 2. The second-order valence-electron chi connectivity index (χ2n) is 10.4. The van der Waals surface area contributed by atoms with Crippen LogP contribution in [0.5, 0.6) is 5.75 Å². The molecule has 0 radical (unpaired) electrons. The van der Waals surface area contributed by atoms with Crippen LogP contribution in [0, 0.1) is 0 Å². The first-order chi connectivity index (χ1) is 17.8. The minimum atomic E-state index is -0.524. The second kappa shape index (κ2) is 12.0. The third kappa shape index (κ3) is 7.87. The standard InChI is InChI=1S/C30H37N3O4/c1-30(2,3)37-29(35)33-19-17-32(18-20-33)28(34)31-26-14-11-23(12-15-26)8-6-7-21-36-27-16-13-24-9-4-5-10-25(24)22-27/h4-5,9-16,22H,6-8,17-21H2,1-3H3,(H,31,34). The van der Waals surface area contributed by atoms with E-state index in [0.29, 0.717) is 32.8 Å². The Morgan fingerprint density at radius 1 is 0.838 bits per heavy atom. The van der Waals surface area contributed by atoms with Gasteiger partial charge >= 0.3 is 12.1 Å². The van der Waals surface area contributed by atoms with E-state index in [1.54, 1.807) is 9.80 Å². The molecule has 1 aliphatic rings. The Morgan fingerprint density at radius 3 is 2.22 bits per heavy atom. The summed E-state index contributed by atoms with van der Waals surface area (Å²) in [6.45, 7) is 8.12. The molecule has 7 nitrogen and oxygen atoms in total. The van der Waals surface area contributed by atoms with E-state index >= 15 is 0 Å². The molecule has 0 atom stereocenters. The fraction of sp³-hybridized carbons (Fsp3) is 0.400. The van der Waals surface area contributed by atoms with E-state index in [-0.39, 0.29) is 12.1 Å². The zero-order valence-electron chi connectivity index (χ0n) is 22.0. The van der Waals surface area contributed by atoms with Crippen molar-refractivity contribution in [2.75, 3.05) is 38.1 Å². The van der Waals surface area contributed by atoms with Gasteiger partial charge in [0.1, 0.15) is 11.4 Å². The highest BCUT2D eigenvalue weighted by atomic mass is 16.6. The molecule has 1 heterocycles. The summed E-state index contributed by atoms with van der Waals surface area (Å²) in [5.74, 6) is 0.907. The molecule has 3 amide bonds. The predicted octanol–water partition coefficient (Wildman–Crippen LogP) is 6.33. The molecular formula is C30H37N3O4. The average molecular weight is 504 g/mol. The Bertz CT molecular complexity index is 1200. The highest BCUT2D eigenvalue weighted by Gasteiger charge is 2.27. The van der Waals surface area contributed by atoms with Gasteiger partial charge < -0.3 is 24.6 Å². The van der Waals surface area contributed by atoms with Crippen LogP contribution in [0.3, 0.4) is 0 Å². The summed E-state index contributed by atoms with van der Waals surface area (Å²) in [5, 5.41) is 5.37. The van der Waals surface area contributed by atoms with Crippen molar-refractivity contribution < 1.29 is 19.1 Å². The van der Waals surface area contributed by atoms with Crippen LogP contribution in [0.4, 0.5) is 15.3 Å². The monoisotopic (exact) mass is 503 g/mol. The Morgan fingerprint density at radius 2 is 1.51 bits per heavy atom. The number of amides is 3. The van der Waals surface area contributed by atoms with Crippen LogP contribution in [0.1, 0.15) is 39.2 Å². The van der Waals surface area contributed by atoms with E-state index in [4.69, 9.17) is 9.47 Å². The van der Waals surface area contributed by atoms with Gasteiger partial charge in [-0.25, -0.2) is 9.59 Å². The third-order valence-corrected chi connectivity index (χ3v) is 6.27. The Hall–Kier alpha value is -3.74. The summed E-state index contributed by atoms with van der Waals surface area (Å²) in [7, 11) is 0. The van der Waals surface area contributed by atoms with Crippen LogP contribution < -0.4 is 10.1 Å². The Kier molecular flexibility index (Phi) is 8.54. The number of carbonyl (C=O) groups excluding carboxylic acids is 2. The molecular weight excluding hydrogens is 466 g/mol. The summed E-state index contributed by atoms with van der Waals surface area (Å²) in [6.07, 6.45) is 2.63. The smallest absolute Gasteiger partial charge is 0.410 e. The number of benzene rings is 3. The fourth-order valence-corrected chi connectivity index (χ4v) is 4.25. The van der Waals surface area contributed by atoms with Gasteiger partial charge in [-0.15, -0.1) is 0 Å². The second-order valence-corrected chi connectivity index (χ2v) is 10.4. The number of urea groups is 1. The van der Waals surface area contributed by atoms with Gasteiger partial charge in [0.15, 0.2) is 0 Å². The van der Waals surface area contributed by atoms with Gasteiger partial charge in [-0.05, 0) is 80.6 Å². The van der Waals surface area contributed by atoms with Crippen LogP contribution in [0.2, 0.25) is 0 Å². The van der Waals surface area contributed by atoms with Gasteiger partial charge in [0.25, 0.3) is 0 Å². The molecule has 4 rings (SSSR count). The summed E-state index contributed by atoms with van der Waals surface area (Å²) < 4.78 is 11.3. The van der Waals surface area contributed by atoms with Crippen molar-refractivity contribution in [3.05, 3.63) is 72.3 Å². The largest absolute Gasteiger partial charge is 0.494 e. The molecule has 0 spiro atoms. The lowest BCUT2D eigenvalue weighted by Gasteiger charge is -2.35. The van der Waals surface area contributed by atoms with Crippen molar-refractivity contribution in [3.63, 3.8) is 0 Å². The minimum absolute atomic E-state index is 0.151. The number of aryl methyl sites for hydroxylation is 1. The van der Waals surface area contributed by atoms with Crippen molar-refractivity contribution in [3.8, 4) is 5.75 Å². The minimum Gasteiger partial charge on any atom is -0.494 e. The quantitative estimate of drug-likeness (QED) is 0.383. The summed E-state index contributed by atoms with van der Waals surface area (Å²) in [6, 6.07) is 22.3. The molecule has 7 heteroatoms. The van der Waals surface area contributed by atoms with Crippen LogP contribution in [0.25, 0.3) is 10.8 Å². The van der Waals surface area contributed by atoms with E-state index in [2.05, 4.69) is 41.7 Å². The average Bonchev–Trinajstić information content (AvgIpc) is 2.88. The maximum absolute atomic E-state index is 12.7. The number of rotatable bonds is 7. The highest BCUT2D eigenvalue weighted by Crippen LogP contribution is 2.21. The molecule has 3 aromatic rings. The first-order valence-electron chi connectivity index (χ1n) is 13.0. The van der Waals surface area contributed by atoms with Gasteiger partial charge in [0.2, 0.25) is 0 Å². The molecule has 0 aromatic heterocycles. The topological polar surface area (TPSA) is 71.1 Å². The summed E-state index contributed by atoms with van der Waals surface area (Å²) >= 11 is 0. The van der Waals surface area contributed by atoms with Gasteiger partial charge in [-0.1, -0.05) is 42.5 Å². The van der Waals surface area contributed by atoms with Crippen molar-refractivity contribution >= 4 is 28.6 Å². The van der Waals surface area contributed by atoms with Crippen molar-refractivity contribution in [1.29, 1.82) is 0 Å². The maximum Gasteiger partial charge on any atom is 0.410 e. The summed E-state index contributed by atoms with van der Waals surface area (Å²) in [4.78, 5) is 28.2. The molecule has 0 saturated carbocycles. The molecule has 3 aromatic carbocycles. The normalized spacial score (nSPS) is 13.9. The number of hydrogen-bond donors (Lipinski definition) is 1. The van der Waals surface area contributed by atoms with Crippen LogP contribution in [0.15, 0.2) is 66.7 Å². The predicted molar refractivity (Wildman–Crippen MR) is 147 cm³/mol. The van der Waals surface area contributed by atoms with Gasteiger partial charge in [-0.2, -0.15) is 0 Å². The van der Waals surface area contributed by atoms with Crippen molar-refractivity contribution in [2.24, 2.45) is 0 Å². The Labute approximate surface area is 219 Å². The first kappa shape index (κ1) is 26.3. The van der Waals surface area contributed by atoms with E-state index in [9.17, 15) is 9.59 Å². The van der Waals surface area contributed by atoms with Gasteiger partial charge in [0, 0.05) is 31.9 Å². The van der Waals surface area contributed by atoms with Crippen molar-refractivity contribution in [2.45, 2.75) is 45.6 Å². The lowest BCUT2D eigenvalue weighted by atomic mass is 10.1. The van der Waals surface area contributed by atoms with Crippen LogP contribution >= 0.6 is 0 Å². The number of anilines is 1. The lowest BCUT2D eigenvalue weighted by Crippen LogP contribution is -2.52. The molecule has 1 aliphatic heterocycles. The molecule has 196 valence electrons. The molecule has 1 saturated heterocycles. The zero-order chi connectivity index (χ0) is 26.3. The molecule has 0 aliphatic carbocycles. The van der Waals surface area contributed by atoms with E-state index in [1.807, 2.05) is 51.1 Å². The molecule has 37 heavy (non-hydrogen) atoms. The highest BCUT2D eigenvalue weighted by molar-refractivity contribution is 5.89. The molecule has 1 fully saturated rings. The van der Waals surface area contributed by atoms with Crippen LogP contribution in [-0.4, -0.2) is 60.3 Å². The number of nitrogens with zero attached hydrogens (tertiary/aromatic N) is 2. The number of nitrogens with one attached hydrogen (secondary N) is 1. The Balaban J connectivity index is 1.14. The number of piperazine rings is 1. The number of carbonyl (C=O) groups is 2. The summed E-state index contributed by atoms with van der Waals surface area (Å²) in [5.41, 5.74) is 1.47. The number of unbranched alkanes of at least 4 members (excludes halogenated alkanes) is 1. The van der Waals surface area contributed by atoms with E-state index < -0.39 is 5.60 Å². The van der Waals surface area contributed by atoms with Crippen molar-refractivity contribution in [1.82, 2.24) is 9.80 Å². The third-order valence-electron chi connectivity index (χ3n) is 6.27. The SMILES string of the molecule is CC(C)(C)OC(=O)N1CCN(C(=O)Nc2ccc(CCCCOc3ccc4ccccc4c3)cc2)CC1.